The zero-order chi connectivity index (χ0) is 17.0. The number of ether oxygens (including phenoxy) is 1. The number of aromatic nitrogens is 3. The van der Waals surface area contributed by atoms with Gasteiger partial charge in [-0.25, -0.2) is 14.3 Å². The monoisotopic (exact) mass is 319 g/mol. The summed E-state index contributed by atoms with van der Waals surface area (Å²) in [6, 6.07) is 1.90. The van der Waals surface area contributed by atoms with Crippen molar-refractivity contribution in [3.63, 3.8) is 0 Å². The highest BCUT2D eigenvalue weighted by Crippen LogP contribution is 2.07. The summed E-state index contributed by atoms with van der Waals surface area (Å²) in [5.74, 6) is 0. The third kappa shape index (κ3) is 5.52. The quantitative estimate of drug-likeness (QED) is 0.881. The van der Waals surface area contributed by atoms with Crippen molar-refractivity contribution in [1.29, 1.82) is 0 Å². The smallest absolute Gasteiger partial charge is 0.407 e. The molecule has 2 N–H and O–H groups in total. The average molecular weight is 319 g/mol. The minimum absolute atomic E-state index is 0.0338. The lowest BCUT2D eigenvalue weighted by atomic mass is 10.2. The van der Waals surface area contributed by atoms with Gasteiger partial charge in [0.1, 0.15) is 5.60 Å². The van der Waals surface area contributed by atoms with Gasteiger partial charge >= 0.3 is 6.09 Å². The molecular weight excluding hydrogens is 294 g/mol. The van der Waals surface area contributed by atoms with Crippen molar-refractivity contribution in [2.75, 3.05) is 6.54 Å². The Bertz CT molecular complexity index is 675. The first-order valence-electron chi connectivity index (χ1n) is 7.74. The van der Waals surface area contributed by atoms with Gasteiger partial charge in [0.15, 0.2) is 5.65 Å². The van der Waals surface area contributed by atoms with Gasteiger partial charge < -0.3 is 15.4 Å². The summed E-state index contributed by atoms with van der Waals surface area (Å²) in [4.78, 5) is 16.0. The fourth-order valence-corrected chi connectivity index (χ4v) is 2.12. The normalized spacial score (nSPS) is 13.1. The number of nitrogens with zero attached hydrogens (tertiary/aromatic N) is 3. The zero-order valence-corrected chi connectivity index (χ0v) is 14.4. The molecule has 0 fully saturated rings. The summed E-state index contributed by atoms with van der Waals surface area (Å²) in [5, 5.41) is 10.4. The second-order valence-corrected chi connectivity index (χ2v) is 6.73. The van der Waals surface area contributed by atoms with E-state index in [-0.39, 0.29) is 6.04 Å². The van der Waals surface area contributed by atoms with Crippen molar-refractivity contribution in [1.82, 2.24) is 25.2 Å². The topological polar surface area (TPSA) is 80.5 Å². The molecule has 7 heteroatoms. The molecule has 126 valence electrons. The number of rotatable bonds is 5. The van der Waals surface area contributed by atoms with Crippen LogP contribution in [0, 0.1) is 6.92 Å². The van der Waals surface area contributed by atoms with Crippen LogP contribution in [0.15, 0.2) is 18.5 Å². The molecule has 1 unspecified atom stereocenters. The second-order valence-electron chi connectivity index (χ2n) is 6.73. The number of hydrogen-bond acceptors (Lipinski definition) is 5. The largest absolute Gasteiger partial charge is 0.444 e. The predicted octanol–water partition coefficient (Wildman–Crippen LogP) is 2.04. The third-order valence-electron chi connectivity index (χ3n) is 3.03. The van der Waals surface area contributed by atoms with Crippen molar-refractivity contribution in [2.24, 2.45) is 0 Å². The Hall–Kier alpha value is -2.15. The minimum atomic E-state index is -0.486. The molecule has 2 aromatic rings. The van der Waals surface area contributed by atoms with E-state index in [1.807, 2.05) is 53.1 Å². The number of amides is 1. The fraction of sp³-hybridized carbons (Fsp3) is 0.562. The van der Waals surface area contributed by atoms with Crippen LogP contribution in [-0.4, -0.2) is 38.9 Å². The van der Waals surface area contributed by atoms with Gasteiger partial charge in [0, 0.05) is 43.2 Å². The molecule has 0 spiro atoms. The highest BCUT2D eigenvalue weighted by atomic mass is 16.6. The van der Waals surface area contributed by atoms with Crippen molar-refractivity contribution >= 4 is 11.7 Å². The van der Waals surface area contributed by atoms with Crippen LogP contribution in [0.25, 0.3) is 5.65 Å². The van der Waals surface area contributed by atoms with Gasteiger partial charge in [-0.05, 0) is 34.6 Å². The molecule has 0 saturated carbocycles. The Balaban J connectivity index is 1.78. The van der Waals surface area contributed by atoms with E-state index < -0.39 is 11.7 Å². The van der Waals surface area contributed by atoms with Gasteiger partial charge in [0.25, 0.3) is 0 Å². The van der Waals surface area contributed by atoms with Crippen molar-refractivity contribution < 1.29 is 9.53 Å². The molecule has 0 aliphatic rings. The molecule has 0 aliphatic heterocycles. The fourth-order valence-electron chi connectivity index (χ4n) is 2.12. The molecule has 0 bridgehead atoms. The van der Waals surface area contributed by atoms with Gasteiger partial charge in [-0.2, -0.15) is 5.10 Å². The van der Waals surface area contributed by atoms with E-state index in [9.17, 15) is 4.79 Å². The van der Waals surface area contributed by atoms with E-state index in [1.165, 1.54) is 0 Å². The third-order valence-corrected chi connectivity index (χ3v) is 3.03. The second kappa shape index (κ2) is 6.95. The molecule has 23 heavy (non-hydrogen) atoms. The SMILES string of the molecule is Cc1cc2ncc(CNCC(C)NC(=O)OC(C)(C)C)cn2n1. The highest BCUT2D eigenvalue weighted by Gasteiger charge is 2.17. The summed E-state index contributed by atoms with van der Waals surface area (Å²) in [6.07, 6.45) is 3.38. The van der Waals surface area contributed by atoms with Crippen LogP contribution in [0.4, 0.5) is 4.79 Å². The first-order chi connectivity index (χ1) is 10.7. The Kier molecular flexibility index (Phi) is 5.20. The lowest BCUT2D eigenvalue weighted by Crippen LogP contribution is -2.42. The molecule has 1 atom stereocenters. The van der Waals surface area contributed by atoms with E-state index >= 15 is 0 Å². The summed E-state index contributed by atoms with van der Waals surface area (Å²) < 4.78 is 7.00. The molecule has 2 rings (SSSR count). The number of fused-ring (bicyclic) bond motifs is 1. The van der Waals surface area contributed by atoms with Crippen molar-refractivity contribution in [2.45, 2.75) is 52.8 Å². The van der Waals surface area contributed by atoms with Gasteiger partial charge in [0.2, 0.25) is 0 Å². The number of hydrogen-bond donors (Lipinski definition) is 2. The van der Waals surface area contributed by atoms with Crippen molar-refractivity contribution in [3.05, 3.63) is 29.7 Å². The number of aryl methyl sites for hydroxylation is 1. The summed E-state index contributed by atoms with van der Waals surface area (Å²) in [7, 11) is 0. The van der Waals surface area contributed by atoms with Gasteiger partial charge in [-0.15, -0.1) is 0 Å². The molecule has 0 saturated heterocycles. The molecule has 0 aromatic carbocycles. The minimum Gasteiger partial charge on any atom is -0.444 e. The van der Waals surface area contributed by atoms with Gasteiger partial charge in [0.05, 0.1) is 5.69 Å². The maximum absolute atomic E-state index is 11.7. The predicted molar refractivity (Wildman–Crippen MR) is 88.3 cm³/mol. The summed E-state index contributed by atoms with van der Waals surface area (Å²) in [6.45, 7) is 10.7. The van der Waals surface area contributed by atoms with Crippen LogP contribution in [-0.2, 0) is 11.3 Å². The number of carbonyl (C=O) groups is 1. The average Bonchev–Trinajstić information content (AvgIpc) is 2.75. The van der Waals surface area contributed by atoms with Crippen LogP contribution < -0.4 is 10.6 Å². The molecule has 2 heterocycles. The number of carbonyl (C=O) groups excluding carboxylic acids is 1. The maximum atomic E-state index is 11.7. The Morgan fingerprint density at radius 3 is 2.87 bits per heavy atom. The van der Waals surface area contributed by atoms with E-state index in [0.29, 0.717) is 13.1 Å². The number of alkyl carbamates (subject to hydrolysis) is 1. The Morgan fingerprint density at radius 2 is 2.17 bits per heavy atom. The molecule has 1 amide bonds. The van der Waals surface area contributed by atoms with Gasteiger partial charge in [-0.1, -0.05) is 0 Å². The molecule has 2 aromatic heterocycles. The Morgan fingerprint density at radius 1 is 1.43 bits per heavy atom. The maximum Gasteiger partial charge on any atom is 0.407 e. The molecule has 0 radical (unpaired) electrons. The van der Waals surface area contributed by atoms with Crippen molar-refractivity contribution in [3.8, 4) is 0 Å². The van der Waals surface area contributed by atoms with Gasteiger partial charge in [-0.3, -0.25) is 0 Å². The van der Waals surface area contributed by atoms with Crippen LogP contribution in [0.3, 0.4) is 0 Å². The van der Waals surface area contributed by atoms with Crippen LogP contribution in [0.1, 0.15) is 39.0 Å². The standard InChI is InChI=1S/C16H25N5O2/c1-11-6-14-18-9-13(10-21(14)20-11)8-17-7-12(2)19-15(22)23-16(3,4)5/h6,9-10,12,17H,7-8H2,1-5H3,(H,19,22). The summed E-state index contributed by atoms with van der Waals surface area (Å²) >= 11 is 0. The van der Waals surface area contributed by atoms with Crippen LogP contribution >= 0.6 is 0 Å². The van der Waals surface area contributed by atoms with E-state index in [0.717, 1.165) is 16.9 Å². The molecular formula is C16H25N5O2. The summed E-state index contributed by atoms with van der Waals surface area (Å²) in [5.41, 5.74) is 2.33. The van der Waals surface area contributed by atoms with E-state index in [4.69, 9.17) is 4.74 Å². The van der Waals surface area contributed by atoms with Crippen LogP contribution in [0.2, 0.25) is 0 Å². The molecule has 0 aliphatic carbocycles. The first-order valence-corrected chi connectivity index (χ1v) is 7.74. The van der Waals surface area contributed by atoms with Crippen LogP contribution in [0.5, 0.6) is 0 Å². The first kappa shape index (κ1) is 17.2. The molecule has 7 nitrogen and oxygen atoms in total. The Labute approximate surface area is 136 Å². The lowest BCUT2D eigenvalue weighted by Gasteiger charge is -2.22. The van der Waals surface area contributed by atoms with E-state index in [1.54, 1.807) is 4.52 Å². The number of nitrogens with one attached hydrogen (secondary N) is 2. The zero-order valence-electron chi connectivity index (χ0n) is 14.4. The lowest BCUT2D eigenvalue weighted by molar-refractivity contribution is 0.0508. The highest BCUT2D eigenvalue weighted by molar-refractivity contribution is 5.68. The van der Waals surface area contributed by atoms with E-state index in [2.05, 4.69) is 20.7 Å².